The predicted molar refractivity (Wildman–Crippen MR) is 121 cm³/mol. The number of sulfone groups is 1. The van der Waals surface area contributed by atoms with Crippen molar-refractivity contribution in [3.8, 4) is 0 Å². The lowest BCUT2D eigenvalue weighted by Gasteiger charge is -2.41. The SMILES string of the molecule is CC1CN(C(=O)OC(C)(C)C)CCN1C(=O)c1cc(S(C)(=O)=O)ccc1N1CCOCC1. The fourth-order valence-electron chi connectivity index (χ4n) is 3.90. The molecule has 1 atom stereocenters. The molecule has 0 aromatic heterocycles. The summed E-state index contributed by atoms with van der Waals surface area (Å²) in [5.41, 5.74) is 0.465. The first-order chi connectivity index (χ1) is 14.9. The molecule has 3 rings (SSSR count). The minimum atomic E-state index is -3.47. The first-order valence-electron chi connectivity index (χ1n) is 10.8. The van der Waals surface area contributed by atoms with Crippen molar-refractivity contribution < 1.29 is 27.5 Å². The molecule has 2 fully saturated rings. The van der Waals surface area contributed by atoms with E-state index < -0.39 is 21.5 Å². The van der Waals surface area contributed by atoms with Gasteiger partial charge in [0.15, 0.2) is 9.84 Å². The average molecular weight is 468 g/mol. The summed E-state index contributed by atoms with van der Waals surface area (Å²) in [7, 11) is -3.47. The van der Waals surface area contributed by atoms with E-state index in [4.69, 9.17) is 9.47 Å². The summed E-state index contributed by atoms with van der Waals surface area (Å²) in [5, 5.41) is 0. The van der Waals surface area contributed by atoms with Crippen LogP contribution in [0.5, 0.6) is 0 Å². The highest BCUT2D eigenvalue weighted by molar-refractivity contribution is 7.90. The van der Waals surface area contributed by atoms with Gasteiger partial charge >= 0.3 is 6.09 Å². The third-order valence-electron chi connectivity index (χ3n) is 5.52. The monoisotopic (exact) mass is 467 g/mol. The van der Waals surface area contributed by atoms with Crippen LogP contribution >= 0.6 is 0 Å². The molecule has 2 heterocycles. The van der Waals surface area contributed by atoms with E-state index in [-0.39, 0.29) is 16.8 Å². The van der Waals surface area contributed by atoms with Gasteiger partial charge in [-0.25, -0.2) is 13.2 Å². The number of piperazine rings is 1. The lowest BCUT2D eigenvalue weighted by molar-refractivity contribution is 0.00617. The molecule has 0 radical (unpaired) electrons. The summed E-state index contributed by atoms with van der Waals surface area (Å²) in [6, 6.07) is 4.47. The van der Waals surface area contributed by atoms with Crippen LogP contribution in [0.2, 0.25) is 0 Å². The number of morpholine rings is 1. The Bertz CT molecular complexity index is 966. The van der Waals surface area contributed by atoms with Crippen molar-refractivity contribution in [2.75, 3.05) is 57.1 Å². The second-order valence-corrected chi connectivity index (χ2v) is 11.3. The Morgan fingerprint density at radius 3 is 2.31 bits per heavy atom. The number of benzene rings is 1. The van der Waals surface area contributed by atoms with Crippen LogP contribution in [0.4, 0.5) is 10.5 Å². The molecule has 0 N–H and O–H groups in total. The second kappa shape index (κ2) is 9.27. The standard InChI is InChI=1S/C22H33N3O6S/c1-16-15-24(21(27)31-22(2,3)4)8-9-25(16)20(26)18-14-17(32(5,28)29)6-7-19(18)23-10-12-30-13-11-23/h6-7,14,16H,8-13,15H2,1-5H3. The van der Waals surface area contributed by atoms with Crippen LogP contribution in [-0.4, -0.2) is 94.1 Å². The van der Waals surface area contributed by atoms with Gasteiger partial charge in [-0.3, -0.25) is 4.79 Å². The largest absolute Gasteiger partial charge is 0.444 e. The summed E-state index contributed by atoms with van der Waals surface area (Å²) in [5.74, 6) is -0.242. The lowest BCUT2D eigenvalue weighted by Crippen LogP contribution is -2.56. The molecule has 178 valence electrons. The molecule has 1 aromatic carbocycles. The Morgan fingerprint density at radius 2 is 1.75 bits per heavy atom. The second-order valence-electron chi connectivity index (χ2n) is 9.32. The van der Waals surface area contributed by atoms with Crippen LogP contribution in [0.1, 0.15) is 38.1 Å². The number of nitrogens with zero attached hydrogens (tertiary/aromatic N) is 3. The highest BCUT2D eigenvalue weighted by Gasteiger charge is 2.34. The average Bonchev–Trinajstić information content (AvgIpc) is 2.71. The number of hydrogen-bond donors (Lipinski definition) is 0. The Labute approximate surface area is 190 Å². The molecule has 9 nitrogen and oxygen atoms in total. The zero-order chi connectivity index (χ0) is 23.7. The van der Waals surface area contributed by atoms with E-state index in [2.05, 4.69) is 0 Å². The van der Waals surface area contributed by atoms with Crippen LogP contribution in [0, 0.1) is 0 Å². The van der Waals surface area contributed by atoms with Crippen molar-refractivity contribution in [1.82, 2.24) is 9.80 Å². The van der Waals surface area contributed by atoms with Crippen molar-refractivity contribution in [3.63, 3.8) is 0 Å². The van der Waals surface area contributed by atoms with Crippen LogP contribution in [-0.2, 0) is 19.3 Å². The van der Waals surface area contributed by atoms with Gasteiger partial charge in [0, 0.05) is 50.7 Å². The van der Waals surface area contributed by atoms with Crippen LogP contribution < -0.4 is 4.90 Å². The Hall–Kier alpha value is -2.33. The van der Waals surface area contributed by atoms with Crippen molar-refractivity contribution in [2.24, 2.45) is 0 Å². The summed E-state index contributed by atoms with van der Waals surface area (Å²) < 4.78 is 35.2. The summed E-state index contributed by atoms with van der Waals surface area (Å²) in [4.78, 5) is 31.5. The number of amides is 2. The number of ether oxygens (including phenoxy) is 2. The maximum absolute atomic E-state index is 13.6. The zero-order valence-electron chi connectivity index (χ0n) is 19.5. The molecule has 0 bridgehead atoms. The minimum Gasteiger partial charge on any atom is -0.444 e. The van der Waals surface area contributed by atoms with E-state index >= 15 is 0 Å². The molecule has 2 amide bonds. The maximum atomic E-state index is 13.6. The first kappa shape index (κ1) is 24.3. The van der Waals surface area contributed by atoms with Gasteiger partial charge in [-0.05, 0) is 45.9 Å². The van der Waals surface area contributed by atoms with E-state index in [1.54, 1.807) is 21.9 Å². The van der Waals surface area contributed by atoms with Gasteiger partial charge in [0.25, 0.3) is 5.91 Å². The molecule has 2 aliphatic heterocycles. The zero-order valence-corrected chi connectivity index (χ0v) is 20.3. The van der Waals surface area contributed by atoms with Crippen molar-refractivity contribution in [2.45, 2.75) is 44.2 Å². The van der Waals surface area contributed by atoms with Gasteiger partial charge in [0.2, 0.25) is 0 Å². The smallest absolute Gasteiger partial charge is 0.410 e. The number of carbonyl (C=O) groups is 2. The molecule has 32 heavy (non-hydrogen) atoms. The van der Waals surface area contributed by atoms with Gasteiger partial charge in [-0.1, -0.05) is 0 Å². The number of anilines is 1. The van der Waals surface area contributed by atoms with Crippen molar-refractivity contribution >= 4 is 27.5 Å². The Kier molecular flexibility index (Phi) is 7.04. The van der Waals surface area contributed by atoms with Gasteiger partial charge < -0.3 is 24.2 Å². The van der Waals surface area contributed by atoms with Gasteiger partial charge in [0.1, 0.15) is 5.60 Å². The lowest BCUT2D eigenvalue weighted by atomic mass is 10.1. The van der Waals surface area contributed by atoms with E-state index in [9.17, 15) is 18.0 Å². The van der Waals surface area contributed by atoms with Gasteiger partial charge in [-0.2, -0.15) is 0 Å². The van der Waals surface area contributed by atoms with Crippen molar-refractivity contribution in [1.29, 1.82) is 0 Å². The Balaban J connectivity index is 1.85. The number of rotatable bonds is 3. The quantitative estimate of drug-likeness (QED) is 0.671. The highest BCUT2D eigenvalue weighted by Crippen LogP contribution is 2.28. The summed E-state index contributed by atoms with van der Waals surface area (Å²) >= 11 is 0. The van der Waals surface area contributed by atoms with E-state index in [1.165, 1.54) is 6.07 Å². The van der Waals surface area contributed by atoms with E-state index in [0.29, 0.717) is 57.2 Å². The van der Waals surface area contributed by atoms with E-state index in [0.717, 1.165) is 6.26 Å². The normalized spacial score (nSPS) is 20.3. The molecular weight excluding hydrogens is 434 g/mol. The van der Waals surface area contributed by atoms with Gasteiger partial charge in [0.05, 0.1) is 23.7 Å². The van der Waals surface area contributed by atoms with Gasteiger partial charge in [-0.15, -0.1) is 0 Å². The molecule has 0 spiro atoms. The molecule has 1 aromatic rings. The fraction of sp³-hybridized carbons (Fsp3) is 0.636. The number of carbonyl (C=O) groups excluding carboxylic acids is 2. The Morgan fingerprint density at radius 1 is 1.09 bits per heavy atom. The summed E-state index contributed by atoms with van der Waals surface area (Å²) in [6.45, 7) is 10.7. The first-order valence-corrected chi connectivity index (χ1v) is 12.7. The fourth-order valence-corrected chi connectivity index (χ4v) is 4.55. The van der Waals surface area contributed by atoms with E-state index in [1.807, 2.05) is 32.6 Å². The molecular formula is C22H33N3O6S. The molecule has 0 saturated carbocycles. The topological polar surface area (TPSA) is 96.5 Å². The van der Waals surface area contributed by atoms with Crippen LogP contribution in [0.3, 0.4) is 0 Å². The third-order valence-corrected chi connectivity index (χ3v) is 6.63. The molecule has 0 aliphatic carbocycles. The van der Waals surface area contributed by atoms with Crippen molar-refractivity contribution in [3.05, 3.63) is 23.8 Å². The maximum Gasteiger partial charge on any atom is 0.410 e. The number of hydrogen-bond acceptors (Lipinski definition) is 7. The van der Waals surface area contributed by atoms with Crippen LogP contribution in [0.15, 0.2) is 23.1 Å². The molecule has 2 aliphatic rings. The minimum absolute atomic E-state index is 0.109. The molecule has 10 heteroatoms. The summed E-state index contributed by atoms with van der Waals surface area (Å²) in [6.07, 6.45) is 0.734. The third kappa shape index (κ3) is 5.72. The highest BCUT2D eigenvalue weighted by atomic mass is 32.2. The predicted octanol–water partition coefficient (Wildman–Crippen LogP) is 2.01. The molecule has 1 unspecified atom stereocenters. The van der Waals surface area contributed by atoms with Crippen LogP contribution in [0.25, 0.3) is 0 Å². The molecule has 2 saturated heterocycles.